The van der Waals surface area contributed by atoms with Crippen LogP contribution < -0.4 is 0 Å². The maximum atomic E-state index is 11.6. The fourth-order valence-electron chi connectivity index (χ4n) is 5.41. The molecular weight excluding hydrogens is 520 g/mol. The van der Waals surface area contributed by atoms with Gasteiger partial charge < -0.3 is 30.6 Å². The Morgan fingerprint density at radius 2 is 1.43 bits per heavy atom. The van der Waals surface area contributed by atoms with E-state index >= 15 is 0 Å². The molecule has 2 aliphatic carbocycles. The number of hydrogen-bond donors (Lipinski definition) is 6. The second kappa shape index (κ2) is 7.08. The quantitative estimate of drug-likeness (QED) is 0.348. The predicted octanol–water partition coefficient (Wildman–Crippen LogP) is 1.63. The highest BCUT2D eigenvalue weighted by atomic mass is 79.9. The molecule has 2 aromatic carbocycles. The van der Waals surface area contributed by atoms with Crippen molar-refractivity contribution in [1.82, 2.24) is 0 Å². The number of rotatable bonds is 4. The van der Waals surface area contributed by atoms with Gasteiger partial charge in [0.15, 0.2) is 0 Å². The van der Waals surface area contributed by atoms with Gasteiger partial charge in [-0.15, -0.1) is 0 Å². The molecule has 2 saturated carbocycles. The van der Waals surface area contributed by atoms with Gasteiger partial charge in [-0.2, -0.15) is 0 Å². The molecule has 4 rings (SSSR count). The van der Waals surface area contributed by atoms with Crippen molar-refractivity contribution in [3.05, 3.63) is 67.6 Å². The summed E-state index contributed by atoms with van der Waals surface area (Å²) >= 11 is 6.84. The third kappa shape index (κ3) is 2.45. The number of benzene rings is 2. The molecule has 0 heterocycles. The van der Waals surface area contributed by atoms with Gasteiger partial charge in [0.1, 0.15) is 22.9 Å². The molecule has 8 heteroatoms. The van der Waals surface area contributed by atoms with Crippen molar-refractivity contribution < 1.29 is 30.6 Å². The summed E-state index contributed by atoms with van der Waals surface area (Å²) < 4.78 is 1.46. The van der Waals surface area contributed by atoms with E-state index in [1.807, 2.05) is 13.8 Å². The Labute approximate surface area is 191 Å². The van der Waals surface area contributed by atoms with Gasteiger partial charge in [-0.25, -0.2) is 0 Å². The van der Waals surface area contributed by atoms with Crippen LogP contribution in [-0.2, 0) is 0 Å². The first-order valence-corrected chi connectivity index (χ1v) is 11.2. The molecule has 0 spiro atoms. The molecular formula is C22H24Br2O6. The van der Waals surface area contributed by atoms with Gasteiger partial charge in [0.25, 0.3) is 0 Å². The summed E-state index contributed by atoms with van der Waals surface area (Å²) in [7, 11) is 0. The van der Waals surface area contributed by atoms with Gasteiger partial charge in [-0.1, -0.05) is 56.1 Å². The highest BCUT2D eigenvalue weighted by molar-refractivity contribution is 9.10. The molecule has 3 unspecified atom stereocenters. The van der Waals surface area contributed by atoms with Crippen molar-refractivity contribution in [2.24, 2.45) is 0 Å². The van der Waals surface area contributed by atoms with E-state index in [0.29, 0.717) is 15.6 Å². The first-order valence-electron chi connectivity index (χ1n) is 9.62. The van der Waals surface area contributed by atoms with E-state index in [1.165, 1.54) is 0 Å². The van der Waals surface area contributed by atoms with Gasteiger partial charge in [0.2, 0.25) is 0 Å². The topological polar surface area (TPSA) is 121 Å². The molecule has 6 N–H and O–H groups in total. The Hall–Kier alpha value is -0.840. The number of aliphatic hydroxyl groups is 6. The number of aryl methyl sites for hydroxylation is 2. The second-order valence-corrected chi connectivity index (χ2v) is 10.2. The van der Waals surface area contributed by atoms with Crippen LogP contribution in [0.2, 0.25) is 0 Å². The lowest BCUT2D eigenvalue weighted by Crippen LogP contribution is -2.99. The second-order valence-electron chi connectivity index (χ2n) is 8.49. The van der Waals surface area contributed by atoms with Crippen LogP contribution in [0.5, 0.6) is 0 Å². The predicted molar refractivity (Wildman–Crippen MR) is 117 cm³/mol. The summed E-state index contributed by atoms with van der Waals surface area (Å²) in [5, 5.41) is 65.8. The Morgan fingerprint density at radius 1 is 0.933 bits per heavy atom. The van der Waals surface area contributed by atoms with Crippen molar-refractivity contribution in [3.8, 4) is 0 Å². The smallest absolute Gasteiger partial charge is 0.138 e. The van der Waals surface area contributed by atoms with Gasteiger partial charge in [0.05, 0.1) is 18.6 Å². The Balaban J connectivity index is 1.87. The molecule has 0 radical (unpaired) electrons. The van der Waals surface area contributed by atoms with Crippen LogP contribution >= 0.6 is 31.9 Å². The molecule has 2 fully saturated rings. The van der Waals surface area contributed by atoms with E-state index in [0.717, 1.165) is 15.6 Å². The van der Waals surface area contributed by atoms with Crippen LogP contribution in [0.25, 0.3) is 0 Å². The lowest BCUT2D eigenvalue weighted by molar-refractivity contribution is -0.459. The Morgan fingerprint density at radius 3 is 1.93 bits per heavy atom. The molecule has 0 amide bonds. The fourth-order valence-corrected chi connectivity index (χ4v) is 6.20. The fraction of sp³-hybridized carbons (Fsp3) is 0.455. The number of halogens is 2. The molecule has 7 atom stereocenters. The summed E-state index contributed by atoms with van der Waals surface area (Å²) in [6.07, 6.45) is -3.13. The largest absolute Gasteiger partial charge is 0.394 e. The molecule has 0 saturated heterocycles. The lowest BCUT2D eigenvalue weighted by Gasteiger charge is -2.80. The van der Waals surface area contributed by atoms with Crippen molar-refractivity contribution in [1.29, 1.82) is 0 Å². The van der Waals surface area contributed by atoms with Crippen molar-refractivity contribution in [2.45, 2.75) is 54.7 Å². The van der Waals surface area contributed by atoms with Crippen molar-refractivity contribution in [3.63, 3.8) is 0 Å². The maximum Gasteiger partial charge on any atom is 0.138 e. The van der Waals surface area contributed by atoms with Crippen LogP contribution in [0, 0.1) is 13.8 Å². The average Bonchev–Trinajstić information content (AvgIpc) is 2.72. The Kier molecular flexibility index (Phi) is 5.28. The zero-order valence-electron chi connectivity index (χ0n) is 16.4. The molecule has 0 aromatic heterocycles. The summed E-state index contributed by atoms with van der Waals surface area (Å²) in [6, 6.07) is 10.3. The highest BCUT2D eigenvalue weighted by Crippen LogP contribution is 2.75. The molecule has 162 valence electrons. The molecule has 6 nitrogen and oxygen atoms in total. The third-order valence-electron chi connectivity index (χ3n) is 7.08. The van der Waals surface area contributed by atoms with Crippen LogP contribution in [-0.4, -0.2) is 66.3 Å². The van der Waals surface area contributed by atoms with Crippen LogP contribution in [0.15, 0.2) is 45.3 Å². The summed E-state index contributed by atoms with van der Waals surface area (Å²) in [5.74, 6) is -2.27. The number of aliphatic hydroxyl groups excluding tert-OH is 3. The first kappa shape index (κ1) is 22.4. The van der Waals surface area contributed by atoms with Crippen molar-refractivity contribution >= 4 is 31.9 Å². The zero-order chi connectivity index (χ0) is 22.2. The highest BCUT2D eigenvalue weighted by Gasteiger charge is 2.93. The molecule has 0 aliphatic heterocycles. The van der Waals surface area contributed by atoms with E-state index in [9.17, 15) is 30.6 Å². The Bertz CT molecular complexity index is 1010. The van der Waals surface area contributed by atoms with Gasteiger partial charge in [0, 0.05) is 14.9 Å². The van der Waals surface area contributed by atoms with Crippen LogP contribution in [0.4, 0.5) is 0 Å². The normalized spacial score (nSPS) is 38.4. The average molecular weight is 544 g/mol. The van der Waals surface area contributed by atoms with Crippen LogP contribution in [0.3, 0.4) is 0 Å². The van der Waals surface area contributed by atoms with Crippen molar-refractivity contribution in [2.75, 3.05) is 6.61 Å². The van der Waals surface area contributed by atoms with E-state index in [4.69, 9.17) is 0 Å². The third-order valence-corrected chi connectivity index (χ3v) is 8.79. The monoisotopic (exact) mass is 542 g/mol. The summed E-state index contributed by atoms with van der Waals surface area (Å²) in [5.41, 5.74) is -3.87. The standard InChI is InChI=1S/C22H24Br2O6/c1-10-3-5-12(7-14(10)23)17-19(27)21(29)18(13-6-4-11(2)15(24)8-13)20(28,16(26)9-25)22(17,21)30/h3-8,16-19,25-30H,9H2,1-2H3/t16-,17?,18?,19?,20+,21+,22+/m1/s1. The van der Waals surface area contributed by atoms with Gasteiger partial charge in [-0.05, 0) is 48.2 Å². The number of hydrogen-bond acceptors (Lipinski definition) is 6. The minimum absolute atomic E-state index is 0.428. The van der Waals surface area contributed by atoms with E-state index < -0.39 is 47.5 Å². The summed E-state index contributed by atoms with van der Waals surface area (Å²) in [6.45, 7) is 2.94. The van der Waals surface area contributed by atoms with Gasteiger partial charge in [-0.3, -0.25) is 0 Å². The summed E-state index contributed by atoms with van der Waals surface area (Å²) in [4.78, 5) is 0. The first-order chi connectivity index (χ1) is 14.0. The van der Waals surface area contributed by atoms with E-state index in [-0.39, 0.29) is 0 Å². The minimum atomic E-state index is -2.29. The lowest BCUT2D eigenvalue weighted by atomic mass is 9.30. The molecule has 2 aliphatic rings. The zero-order valence-corrected chi connectivity index (χ0v) is 19.6. The van der Waals surface area contributed by atoms with E-state index in [2.05, 4.69) is 31.9 Å². The minimum Gasteiger partial charge on any atom is -0.394 e. The van der Waals surface area contributed by atoms with E-state index in [1.54, 1.807) is 36.4 Å². The maximum absolute atomic E-state index is 11.6. The SMILES string of the molecule is Cc1ccc(C2C(O)[C@@]3(O)C(c4ccc(C)c(Br)c4)[C@@](O)([C@H](O)CO)[C@@]23O)cc1Br. The molecule has 30 heavy (non-hydrogen) atoms. The van der Waals surface area contributed by atoms with Gasteiger partial charge >= 0.3 is 0 Å². The number of fused-ring (bicyclic) bond motifs is 1. The molecule has 0 bridgehead atoms. The molecule has 2 aromatic rings. The van der Waals surface area contributed by atoms with Crippen LogP contribution in [0.1, 0.15) is 34.1 Å².